The number of aryl methyl sites for hydroxylation is 1. The Morgan fingerprint density at radius 3 is 2.46 bits per heavy atom. The number of rotatable bonds is 4. The predicted octanol–water partition coefficient (Wildman–Crippen LogP) is 3.45. The second kappa shape index (κ2) is 7.13. The number of nitrogens with zero attached hydrogens (tertiary/aromatic N) is 2. The molecule has 2 heterocycles. The fraction of sp³-hybridized carbons (Fsp3) is 0.389. The van der Waals surface area contributed by atoms with E-state index in [9.17, 15) is 9.59 Å². The smallest absolute Gasteiger partial charge is 0.303 e. The minimum absolute atomic E-state index is 0.0183. The number of carbonyl (C=O) groups is 2. The molecule has 3 rings (SSSR count). The maximum Gasteiger partial charge on any atom is 0.303 e. The van der Waals surface area contributed by atoms with Crippen molar-refractivity contribution in [3.63, 3.8) is 0 Å². The van der Waals surface area contributed by atoms with Crippen molar-refractivity contribution < 1.29 is 14.7 Å². The fourth-order valence-corrected chi connectivity index (χ4v) is 3.67. The molecule has 24 heavy (non-hydrogen) atoms. The fourth-order valence-electron chi connectivity index (χ4n) is 3.05. The Morgan fingerprint density at radius 2 is 1.92 bits per heavy atom. The van der Waals surface area contributed by atoms with Crippen LogP contribution in [-0.4, -0.2) is 40.0 Å². The van der Waals surface area contributed by atoms with E-state index < -0.39 is 5.97 Å². The summed E-state index contributed by atoms with van der Waals surface area (Å²) in [5.41, 5.74) is 2.62. The van der Waals surface area contributed by atoms with Crippen LogP contribution < -0.4 is 0 Å². The van der Waals surface area contributed by atoms with E-state index in [1.165, 1.54) is 0 Å². The molecule has 1 amide bonds. The van der Waals surface area contributed by atoms with E-state index in [2.05, 4.69) is 4.98 Å². The van der Waals surface area contributed by atoms with E-state index in [1.54, 1.807) is 11.3 Å². The lowest BCUT2D eigenvalue weighted by atomic mass is 9.93. The first-order valence-corrected chi connectivity index (χ1v) is 8.94. The highest BCUT2D eigenvalue weighted by atomic mass is 32.1. The van der Waals surface area contributed by atoms with Crippen LogP contribution >= 0.6 is 11.3 Å². The van der Waals surface area contributed by atoms with Crippen molar-refractivity contribution in [2.45, 2.75) is 26.2 Å². The zero-order valence-corrected chi connectivity index (χ0v) is 14.4. The molecule has 0 bridgehead atoms. The van der Waals surface area contributed by atoms with Crippen molar-refractivity contribution in [3.8, 4) is 11.3 Å². The average Bonchev–Trinajstić information content (AvgIpc) is 3.01. The van der Waals surface area contributed by atoms with E-state index in [4.69, 9.17) is 5.11 Å². The van der Waals surface area contributed by atoms with Crippen molar-refractivity contribution in [2.24, 2.45) is 5.92 Å². The molecule has 5 nitrogen and oxygen atoms in total. The number of piperidine rings is 1. The van der Waals surface area contributed by atoms with Gasteiger partial charge in [0.05, 0.1) is 10.7 Å². The summed E-state index contributed by atoms with van der Waals surface area (Å²) in [5, 5.41) is 11.9. The first-order chi connectivity index (χ1) is 11.5. The Morgan fingerprint density at radius 1 is 1.25 bits per heavy atom. The summed E-state index contributed by atoms with van der Waals surface area (Å²) in [6.45, 7) is 3.23. The van der Waals surface area contributed by atoms with Crippen LogP contribution in [0.2, 0.25) is 0 Å². The van der Waals surface area contributed by atoms with E-state index >= 15 is 0 Å². The number of carboxylic acids is 1. The maximum atomic E-state index is 12.6. The lowest BCUT2D eigenvalue weighted by molar-refractivity contribution is -0.138. The van der Waals surface area contributed by atoms with E-state index in [0.29, 0.717) is 18.7 Å². The average molecular weight is 344 g/mol. The summed E-state index contributed by atoms with van der Waals surface area (Å²) in [5.74, 6) is -0.556. The molecular weight excluding hydrogens is 324 g/mol. The van der Waals surface area contributed by atoms with Gasteiger partial charge in [-0.1, -0.05) is 12.1 Å². The number of benzene rings is 1. The van der Waals surface area contributed by atoms with E-state index in [1.807, 2.05) is 41.5 Å². The number of amides is 1. The third-order valence-corrected chi connectivity index (χ3v) is 5.19. The lowest BCUT2D eigenvalue weighted by Gasteiger charge is -2.31. The second-order valence-electron chi connectivity index (χ2n) is 6.16. The molecule has 1 fully saturated rings. The van der Waals surface area contributed by atoms with Gasteiger partial charge in [0.15, 0.2) is 0 Å². The quantitative estimate of drug-likeness (QED) is 0.922. The molecule has 0 saturated carbocycles. The first-order valence-electron chi connectivity index (χ1n) is 8.06. The number of hydrogen-bond acceptors (Lipinski definition) is 4. The van der Waals surface area contributed by atoms with Crippen LogP contribution in [0.5, 0.6) is 0 Å². The van der Waals surface area contributed by atoms with Crippen LogP contribution in [0.4, 0.5) is 0 Å². The zero-order chi connectivity index (χ0) is 17.1. The molecule has 0 aliphatic carbocycles. The number of hydrogen-bond donors (Lipinski definition) is 1. The summed E-state index contributed by atoms with van der Waals surface area (Å²) >= 11 is 1.61. The van der Waals surface area contributed by atoms with Crippen molar-refractivity contribution in [1.29, 1.82) is 0 Å². The van der Waals surface area contributed by atoms with E-state index in [0.717, 1.165) is 29.1 Å². The highest BCUT2D eigenvalue weighted by Gasteiger charge is 2.25. The van der Waals surface area contributed by atoms with Gasteiger partial charge in [-0.25, -0.2) is 4.98 Å². The van der Waals surface area contributed by atoms with Gasteiger partial charge in [0.1, 0.15) is 0 Å². The number of carbonyl (C=O) groups excluding carboxylic acids is 1. The Kier molecular flexibility index (Phi) is 4.94. The molecule has 6 heteroatoms. The molecule has 1 aliphatic heterocycles. The van der Waals surface area contributed by atoms with E-state index in [-0.39, 0.29) is 18.2 Å². The van der Waals surface area contributed by atoms with Gasteiger partial charge < -0.3 is 10.0 Å². The topological polar surface area (TPSA) is 70.5 Å². The van der Waals surface area contributed by atoms with Crippen LogP contribution in [0.3, 0.4) is 0 Å². The molecule has 2 aromatic rings. The molecule has 1 aromatic carbocycles. The van der Waals surface area contributed by atoms with Crippen molar-refractivity contribution in [1.82, 2.24) is 9.88 Å². The Bertz CT molecular complexity index is 731. The number of carboxylic acid groups (broad SMARTS) is 1. The third-order valence-electron chi connectivity index (χ3n) is 4.41. The summed E-state index contributed by atoms with van der Waals surface area (Å²) < 4.78 is 0. The normalized spacial score (nSPS) is 15.5. The number of aliphatic carboxylic acids is 1. The molecule has 126 valence electrons. The summed E-state index contributed by atoms with van der Waals surface area (Å²) in [6.07, 6.45) is 1.71. The SMILES string of the molecule is Cc1nc(-c2ccc(C(=O)N3CCC(CC(=O)O)CC3)cc2)cs1. The van der Waals surface area contributed by atoms with Gasteiger partial charge in [-0.2, -0.15) is 0 Å². The Hall–Kier alpha value is -2.21. The van der Waals surface area contributed by atoms with Gasteiger partial charge in [-0.15, -0.1) is 11.3 Å². The molecule has 1 saturated heterocycles. The van der Waals surface area contributed by atoms with Gasteiger partial charge in [0, 0.05) is 36.0 Å². The van der Waals surface area contributed by atoms with Crippen molar-refractivity contribution in [2.75, 3.05) is 13.1 Å². The lowest BCUT2D eigenvalue weighted by Crippen LogP contribution is -2.38. The minimum Gasteiger partial charge on any atom is -0.481 e. The maximum absolute atomic E-state index is 12.6. The van der Waals surface area contributed by atoms with Crippen molar-refractivity contribution >= 4 is 23.2 Å². The second-order valence-corrected chi connectivity index (χ2v) is 7.22. The molecule has 1 N–H and O–H groups in total. The first kappa shape index (κ1) is 16.6. The number of aromatic nitrogens is 1. The molecule has 1 aliphatic rings. The van der Waals surface area contributed by atoms with Gasteiger partial charge in [0.2, 0.25) is 0 Å². The summed E-state index contributed by atoms with van der Waals surface area (Å²) in [7, 11) is 0. The standard InChI is InChI=1S/C18H20N2O3S/c1-12-19-16(11-24-12)14-2-4-15(5-3-14)18(23)20-8-6-13(7-9-20)10-17(21)22/h2-5,11,13H,6-10H2,1H3,(H,21,22). The molecule has 0 spiro atoms. The van der Waals surface area contributed by atoms with Gasteiger partial charge in [0.25, 0.3) is 5.91 Å². The van der Waals surface area contributed by atoms with Crippen LogP contribution in [0, 0.1) is 12.8 Å². The number of likely N-dealkylation sites (tertiary alicyclic amines) is 1. The van der Waals surface area contributed by atoms with Crippen LogP contribution in [-0.2, 0) is 4.79 Å². The zero-order valence-electron chi connectivity index (χ0n) is 13.6. The summed E-state index contributed by atoms with van der Waals surface area (Å²) in [4.78, 5) is 29.6. The molecular formula is C18H20N2O3S. The van der Waals surface area contributed by atoms with Crippen molar-refractivity contribution in [3.05, 3.63) is 40.2 Å². The Labute approximate surface area is 145 Å². The monoisotopic (exact) mass is 344 g/mol. The van der Waals surface area contributed by atoms with Crippen LogP contribution in [0.25, 0.3) is 11.3 Å². The molecule has 0 unspecified atom stereocenters. The highest BCUT2D eigenvalue weighted by Crippen LogP contribution is 2.24. The molecule has 1 aromatic heterocycles. The Balaban J connectivity index is 1.62. The third kappa shape index (κ3) is 3.82. The predicted molar refractivity (Wildman–Crippen MR) is 93.2 cm³/mol. The molecule has 0 radical (unpaired) electrons. The number of thiazole rings is 1. The van der Waals surface area contributed by atoms with Crippen LogP contribution in [0.15, 0.2) is 29.6 Å². The van der Waals surface area contributed by atoms with Gasteiger partial charge in [-0.05, 0) is 37.8 Å². The molecule has 0 atom stereocenters. The summed E-state index contributed by atoms with van der Waals surface area (Å²) in [6, 6.07) is 7.54. The largest absolute Gasteiger partial charge is 0.481 e. The van der Waals surface area contributed by atoms with Gasteiger partial charge >= 0.3 is 5.97 Å². The van der Waals surface area contributed by atoms with Crippen LogP contribution in [0.1, 0.15) is 34.6 Å². The van der Waals surface area contributed by atoms with Gasteiger partial charge in [-0.3, -0.25) is 9.59 Å². The highest BCUT2D eigenvalue weighted by molar-refractivity contribution is 7.09. The minimum atomic E-state index is -0.757.